The number of carbonyl (C=O) groups is 2. The molecule has 0 radical (unpaired) electrons. The first-order valence-electron chi connectivity index (χ1n) is 14.2. The molecule has 1 aliphatic rings. The lowest BCUT2D eigenvalue weighted by Gasteiger charge is -2.32. The number of alkyl halides is 3. The number of amides is 2. The minimum Gasteiger partial charge on any atom is -0.493 e. The van der Waals surface area contributed by atoms with Gasteiger partial charge in [0, 0.05) is 48.8 Å². The van der Waals surface area contributed by atoms with Crippen molar-refractivity contribution in [2.45, 2.75) is 25.3 Å². The minimum absolute atomic E-state index is 0.0926. The van der Waals surface area contributed by atoms with Crippen LogP contribution in [0.1, 0.15) is 33.6 Å². The predicted molar refractivity (Wildman–Crippen MR) is 162 cm³/mol. The topological polar surface area (TPSA) is 86.3 Å². The predicted octanol–water partition coefficient (Wildman–Crippen LogP) is 7.21. The zero-order valence-corrected chi connectivity index (χ0v) is 24.6. The summed E-state index contributed by atoms with van der Waals surface area (Å²) >= 11 is 0. The van der Waals surface area contributed by atoms with Crippen LogP contribution in [0.2, 0.25) is 0 Å². The Labute approximate surface area is 258 Å². The molecular formula is C34H31F3N2O6. The molecule has 1 N–H and O–H groups in total. The van der Waals surface area contributed by atoms with Gasteiger partial charge in [-0.15, -0.1) is 13.2 Å². The minimum atomic E-state index is -4.79. The molecule has 5 rings (SSSR count). The average molecular weight is 621 g/mol. The fraction of sp³-hybridized carbons (Fsp3) is 0.235. The molecule has 0 bridgehead atoms. The normalized spacial score (nSPS) is 13.6. The zero-order valence-electron chi connectivity index (χ0n) is 24.6. The fourth-order valence-electron chi connectivity index (χ4n) is 5.14. The number of carbonyl (C=O) groups excluding carboxylic acids is 2. The summed E-state index contributed by atoms with van der Waals surface area (Å²) in [6.07, 6.45) is -3.64. The highest BCUT2D eigenvalue weighted by Crippen LogP contribution is 2.31. The second-order valence-corrected chi connectivity index (χ2v) is 10.3. The number of likely N-dealkylation sites (tertiary alicyclic amines) is 1. The van der Waals surface area contributed by atoms with E-state index in [9.17, 15) is 22.8 Å². The molecule has 0 saturated carbocycles. The molecule has 11 heteroatoms. The summed E-state index contributed by atoms with van der Waals surface area (Å²) in [5.41, 5.74) is 2.49. The molecule has 4 aromatic rings. The summed E-state index contributed by atoms with van der Waals surface area (Å²) in [7, 11) is 3.07. The standard InChI is InChI=1S/C34H31F3N2O6/c1-42-30-15-12-23(20-31(30)43-2)33(41)39-18-16-25(17-19-39)44-27-7-5-6-24(21-27)38-32(40)29-9-4-3-8-28(29)22-10-13-26(14-11-22)45-34(35,36)37/h3-15,20-21,25H,16-19H2,1-2H3,(H,38,40). The lowest BCUT2D eigenvalue weighted by Crippen LogP contribution is -2.41. The second kappa shape index (κ2) is 13.6. The van der Waals surface area contributed by atoms with Crippen molar-refractivity contribution in [3.8, 4) is 34.1 Å². The first-order valence-corrected chi connectivity index (χ1v) is 14.2. The Bertz CT molecular complexity index is 1650. The summed E-state index contributed by atoms with van der Waals surface area (Å²) in [5, 5.41) is 2.88. The lowest BCUT2D eigenvalue weighted by atomic mass is 9.99. The van der Waals surface area contributed by atoms with E-state index in [2.05, 4.69) is 10.1 Å². The van der Waals surface area contributed by atoms with Gasteiger partial charge in [0.2, 0.25) is 0 Å². The first kappa shape index (κ1) is 31.2. The Morgan fingerprint density at radius 2 is 1.51 bits per heavy atom. The number of rotatable bonds is 9. The van der Waals surface area contributed by atoms with Crippen molar-refractivity contribution in [2.75, 3.05) is 32.6 Å². The van der Waals surface area contributed by atoms with Gasteiger partial charge in [-0.05, 0) is 59.7 Å². The van der Waals surface area contributed by atoms with Crippen LogP contribution in [-0.4, -0.2) is 56.5 Å². The molecule has 8 nitrogen and oxygen atoms in total. The number of nitrogens with one attached hydrogen (secondary N) is 1. The largest absolute Gasteiger partial charge is 0.573 e. The fourth-order valence-corrected chi connectivity index (χ4v) is 5.14. The van der Waals surface area contributed by atoms with E-state index in [1.807, 2.05) is 0 Å². The third kappa shape index (κ3) is 7.86. The summed E-state index contributed by atoms with van der Waals surface area (Å²) in [6, 6.07) is 24.3. The van der Waals surface area contributed by atoms with Crippen molar-refractivity contribution in [1.82, 2.24) is 4.90 Å². The van der Waals surface area contributed by atoms with Crippen LogP contribution in [0.15, 0.2) is 91.0 Å². The number of anilines is 1. The van der Waals surface area contributed by atoms with Crippen molar-refractivity contribution in [3.63, 3.8) is 0 Å². The molecule has 0 spiro atoms. The molecule has 2 amide bonds. The smallest absolute Gasteiger partial charge is 0.493 e. The highest BCUT2D eigenvalue weighted by Gasteiger charge is 2.31. The molecule has 1 fully saturated rings. The van der Waals surface area contributed by atoms with Gasteiger partial charge in [0.25, 0.3) is 11.8 Å². The van der Waals surface area contributed by atoms with Gasteiger partial charge in [-0.2, -0.15) is 0 Å². The summed E-state index contributed by atoms with van der Waals surface area (Å²) in [6.45, 7) is 1.04. The van der Waals surface area contributed by atoms with Crippen LogP contribution in [0.5, 0.6) is 23.0 Å². The van der Waals surface area contributed by atoms with Crippen LogP contribution >= 0.6 is 0 Å². The van der Waals surface area contributed by atoms with Crippen LogP contribution in [-0.2, 0) is 0 Å². The molecule has 1 aliphatic heterocycles. The Balaban J connectivity index is 1.19. The highest BCUT2D eigenvalue weighted by molar-refractivity contribution is 6.08. The molecule has 234 valence electrons. The maximum absolute atomic E-state index is 13.3. The monoisotopic (exact) mass is 620 g/mol. The highest BCUT2D eigenvalue weighted by atomic mass is 19.4. The van der Waals surface area contributed by atoms with Crippen molar-refractivity contribution in [3.05, 3.63) is 102 Å². The van der Waals surface area contributed by atoms with E-state index >= 15 is 0 Å². The van der Waals surface area contributed by atoms with E-state index in [-0.39, 0.29) is 23.7 Å². The number of hydrogen-bond donors (Lipinski definition) is 1. The summed E-state index contributed by atoms with van der Waals surface area (Å²) in [5.74, 6) is 0.791. The van der Waals surface area contributed by atoms with Crippen LogP contribution < -0.4 is 24.3 Å². The molecule has 45 heavy (non-hydrogen) atoms. The molecule has 4 aromatic carbocycles. The van der Waals surface area contributed by atoms with E-state index < -0.39 is 6.36 Å². The Hall–Kier alpha value is -5.19. The number of benzene rings is 4. The molecule has 0 atom stereocenters. The second-order valence-electron chi connectivity index (χ2n) is 10.3. The van der Waals surface area contributed by atoms with E-state index in [0.717, 1.165) is 0 Å². The van der Waals surface area contributed by atoms with Gasteiger partial charge in [0.15, 0.2) is 11.5 Å². The molecule has 1 heterocycles. The average Bonchev–Trinajstić information content (AvgIpc) is 3.04. The maximum Gasteiger partial charge on any atom is 0.573 e. The number of ether oxygens (including phenoxy) is 4. The Morgan fingerprint density at radius 1 is 0.800 bits per heavy atom. The third-order valence-corrected chi connectivity index (χ3v) is 7.32. The molecule has 0 aliphatic carbocycles. The molecule has 0 aromatic heterocycles. The van der Waals surface area contributed by atoms with Gasteiger partial charge in [-0.25, -0.2) is 0 Å². The third-order valence-electron chi connectivity index (χ3n) is 7.32. The van der Waals surface area contributed by atoms with Crippen LogP contribution in [0, 0.1) is 0 Å². The SMILES string of the molecule is COc1ccc(C(=O)N2CCC(Oc3cccc(NC(=O)c4ccccc4-c4ccc(OC(F)(F)F)cc4)c3)CC2)cc1OC. The number of nitrogens with zero attached hydrogens (tertiary/aromatic N) is 1. The number of piperidine rings is 1. The molecular weight excluding hydrogens is 589 g/mol. The van der Waals surface area contributed by atoms with Gasteiger partial charge in [0.1, 0.15) is 17.6 Å². The van der Waals surface area contributed by atoms with Crippen molar-refractivity contribution in [1.29, 1.82) is 0 Å². The van der Waals surface area contributed by atoms with Gasteiger partial charge in [-0.1, -0.05) is 36.4 Å². The zero-order chi connectivity index (χ0) is 32.0. The first-order chi connectivity index (χ1) is 21.6. The number of methoxy groups -OCH3 is 2. The number of halogens is 3. The van der Waals surface area contributed by atoms with E-state index in [1.165, 1.54) is 31.4 Å². The molecule has 0 unspecified atom stereocenters. The van der Waals surface area contributed by atoms with Gasteiger partial charge < -0.3 is 29.2 Å². The lowest BCUT2D eigenvalue weighted by molar-refractivity contribution is -0.274. The summed E-state index contributed by atoms with van der Waals surface area (Å²) < 4.78 is 58.4. The molecule has 1 saturated heterocycles. The Morgan fingerprint density at radius 3 is 2.20 bits per heavy atom. The van der Waals surface area contributed by atoms with Crippen LogP contribution in [0.25, 0.3) is 11.1 Å². The quantitative estimate of drug-likeness (QED) is 0.213. The van der Waals surface area contributed by atoms with Gasteiger partial charge >= 0.3 is 6.36 Å². The van der Waals surface area contributed by atoms with E-state index in [4.69, 9.17) is 14.2 Å². The van der Waals surface area contributed by atoms with Crippen LogP contribution in [0.3, 0.4) is 0 Å². The van der Waals surface area contributed by atoms with Crippen LogP contribution in [0.4, 0.5) is 18.9 Å². The van der Waals surface area contributed by atoms with Crippen molar-refractivity contribution < 1.29 is 41.7 Å². The van der Waals surface area contributed by atoms with Gasteiger partial charge in [-0.3, -0.25) is 9.59 Å². The van der Waals surface area contributed by atoms with E-state index in [1.54, 1.807) is 78.7 Å². The van der Waals surface area contributed by atoms with Gasteiger partial charge in [0.05, 0.1) is 14.2 Å². The maximum atomic E-state index is 13.3. The number of hydrogen-bond acceptors (Lipinski definition) is 6. The van der Waals surface area contributed by atoms with E-state index in [0.29, 0.717) is 71.1 Å². The van der Waals surface area contributed by atoms with Crippen molar-refractivity contribution in [2.24, 2.45) is 0 Å². The summed E-state index contributed by atoms with van der Waals surface area (Å²) in [4.78, 5) is 28.1. The Kier molecular flexibility index (Phi) is 9.46. The van der Waals surface area contributed by atoms with Crippen molar-refractivity contribution >= 4 is 17.5 Å².